The SMILES string of the molecule is CCn1c(COc2ccc(Br)cc2)nnc1SCc1cc(=O)[nH]c2ccccc12. The van der Waals surface area contributed by atoms with Crippen molar-refractivity contribution in [3.63, 3.8) is 0 Å². The van der Waals surface area contributed by atoms with Crippen molar-refractivity contribution >= 4 is 38.6 Å². The first kappa shape index (κ1) is 19.7. The van der Waals surface area contributed by atoms with Gasteiger partial charge in [0, 0.05) is 33.7 Å². The number of pyridine rings is 1. The predicted molar refractivity (Wildman–Crippen MR) is 118 cm³/mol. The van der Waals surface area contributed by atoms with Crippen LogP contribution in [0.25, 0.3) is 10.9 Å². The highest BCUT2D eigenvalue weighted by Gasteiger charge is 2.13. The van der Waals surface area contributed by atoms with Crippen molar-refractivity contribution in [2.24, 2.45) is 0 Å². The number of fused-ring (bicyclic) bond motifs is 1. The van der Waals surface area contributed by atoms with Crippen LogP contribution in [0.2, 0.25) is 0 Å². The van der Waals surface area contributed by atoms with Crippen LogP contribution in [-0.4, -0.2) is 19.7 Å². The van der Waals surface area contributed by atoms with E-state index < -0.39 is 0 Å². The van der Waals surface area contributed by atoms with E-state index in [1.165, 1.54) is 0 Å². The van der Waals surface area contributed by atoms with E-state index in [9.17, 15) is 4.79 Å². The molecule has 1 N–H and O–H groups in total. The number of nitrogens with zero attached hydrogens (tertiary/aromatic N) is 3. The smallest absolute Gasteiger partial charge is 0.248 e. The maximum Gasteiger partial charge on any atom is 0.248 e. The molecule has 0 atom stereocenters. The van der Waals surface area contributed by atoms with Gasteiger partial charge in [-0.3, -0.25) is 4.79 Å². The highest BCUT2D eigenvalue weighted by atomic mass is 79.9. The number of nitrogens with one attached hydrogen (secondary N) is 1. The van der Waals surface area contributed by atoms with Crippen LogP contribution >= 0.6 is 27.7 Å². The number of halogens is 1. The topological polar surface area (TPSA) is 72.8 Å². The predicted octanol–water partition coefficient (Wildman–Crippen LogP) is 4.77. The maximum atomic E-state index is 12.0. The first-order chi connectivity index (χ1) is 14.1. The molecule has 2 heterocycles. The Bertz CT molecular complexity index is 1190. The van der Waals surface area contributed by atoms with E-state index in [2.05, 4.69) is 38.0 Å². The minimum Gasteiger partial charge on any atom is -0.486 e. The van der Waals surface area contributed by atoms with E-state index in [0.29, 0.717) is 12.4 Å². The molecule has 0 amide bonds. The van der Waals surface area contributed by atoms with E-state index in [-0.39, 0.29) is 5.56 Å². The summed E-state index contributed by atoms with van der Waals surface area (Å²) in [5, 5.41) is 10.5. The molecule has 0 saturated carbocycles. The molecule has 148 valence electrons. The molecule has 0 unspecified atom stereocenters. The second kappa shape index (κ2) is 8.84. The fourth-order valence-corrected chi connectivity index (χ4v) is 4.34. The lowest BCUT2D eigenvalue weighted by molar-refractivity contribution is 0.288. The van der Waals surface area contributed by atoms with Crippen LogP contribution in [0, 0.1) is 0 Å². The third-order valence-electron chi connectivity index (χ3n) is 4.48. The van der Waals surface area contributed by atoms with Crippen LogP contribution in [0.15, 0.2) is 69.0 Å². The van der Waals surface area contributed by atoms with Gasteiger partial charge in [-0.25, -0.2) is 0 Å². The fraction of sp³-hybridized carbons (Fsp3) is 0.190. The number of hydrogen-bond acceptors (Lipinski definition) is 5. The van der Waals surface area contributed by atoms with Crippen LogP contribution < -0.4 is 10.3 Å². The van der Waals surface area contributed by atoms with E-state index >= 15 is 0 Å². The average Bonchev–Trinajstić information content (AvgIpc) is 3.13. The van der Waals surface area contributed by atoms with Crippen LogP contribution in [0.3, 0.4) is 0 Å². The van der Waals surface area contributed by atoms with E-state index in [1.807, 2.05) is 53.1 Å². The van der Waals surface area contributed by atoms with Gasteiger partial charge >= 0.3 is 0 Å². The number of hydrogen-bond donors (Lipinski definition) is 1. The van der Waals surface area contributed by atoms with Crippen LogP contribution in [-0.2, 0) is 18.9 Å². The number of thioether (sulfide) groups is 1. The Kier molecular flexibility index (Phi) is 6.01. The Hall–Kier alpha value is -2.58. The van der Waals surface area contributed by atoms with Crippen molar-refractivity contribution in [2.75, 3.05) is 0 Å². The molecule has 4 rings (SSSR count). The van der Waals surface area contributed by atoms with Gasteiger partial charge in [-0.15, -0.1) is 10.2 Å². The molecule has 0 aliphatic heterocycles. The van der Waals surface area contributed by atoms with Gasteiger partial charge in [-0.05, 0) is 42.8 Å². The van der Waals surface area contributed by atoms with E-state index in [4.69, 9.17) is 4.74 Å². The third kappa shape index (κ3) is 4.54. The largest absolute Gasteiger partial charge is 0.486 e. The molecule has 2 aromatic heterocycles. The van der Waals surface area contributed by atoms with Crippen molar-refractivity contribution in [2.45, 2.75) is 31.0 Å². The normalized spacial score (nSPS) is 11.1. The molecule has 0 aliphatic rings. The van der Waals surface area contributed by atoms with Gasteiger partial charge in [-0.1, -0.05) is 45.9 Å². The monoisotopic (exact) mass is 470 g/mol. The molecule has 8 heteroatoms. The van der Waals surface area contributed by atoms with Crippen molar-refractivity contribution < 1.29 is 4.74 Å². The molecule has 4 aromatic rings. The van der Waals surface area contributed by atoms with Gasteiger partial charge in [0.2, 0.25) is 5.56 Å². The summed E-state index contributed by atoms with van der Waals surface area (Å²) in [4.78, 5) is 14.8. The van der Waals surface area contributed by atoms with Crippen LogP contribution in [0.4, 0.5) is 0 Å². The Morgan fingerprint density at radius 1 is 1.14 bits per heavy atom. The number of ether oxygens (including phenoxy) is 1. The summed E-state index contributed by atoms with van der Waals surface area (Å²) < 4.78 is 8.89. The van der Waals surface area contributed by atoms with Crippen molar-refractivity contribution in [3.8, 4) is 5.75 Å². The molecular formula is C21H19BrN4O2S. The standard InChI is InChI=1S/C21H19BrN4O2S/c1-2-26-19(12-28-16-9-7-15(22)8-10-16)24-25-21(26)29-13-14-11-20(27)23-18-6-4-3-5-17(14)18/h3-11H,2,12-13H2,1H3,(H,23,27). The van der Waals surface area contributed by atoms with E-state index in [1.54, 1.807) is 17.8 Å². The van der Waals surface area contributed by atoms with Gasteiger partial charge in [0.25, 0.3) is 0 Å². The van der Waals surface area contributed by atoms with E-state index in [0.717, 1.165) is 44.2 Å². The Labute approximate surface area is 180 Å². The molecule has 0 bridgehead atoms. The van der Waals surface area contributed by atoms with Crippen LogP contribution in [0.5, 0.6) is 5.75 Å². The first-order valence-electron chi connectivity index (χ1n) is 9.18. The zero-order chi connectivity index (χ0) is 20.2. The molecule has 2 aromatic carbocycles. The van der Waals surface area contributed by atoms with Gasteiger partial charge in [0.05, 0.1) is 0 Å². The molecule has 0 spiro atoms. The second-order valence-electron chi connectivity index (χ2n) is 6.38. The second-order valence-corrected chi connectivity index (χ2v) is 8.24. The third-order valence-corrected chi connectivity index (χ3v) is 6.03. The first-order valence-corrected chi connectivity index (χ1v) is 11.0. The average molecular weight is 471 g/mol. The molecule has 0 fully saturated rings. The lowest BCUT2D eigenvalue weighted by Crippen LogP contribution is -2.08. The summed E-state index contributed by atoms with van der Waals surface area (Å²) in [7, 11) is 0. The minimum atomic E-state index is -0.0974. The molecular weight excluding hydrogens is 452 g/mol. The summed E-state index contributed by atoms with van der Waals surface area (Å²) in [6, 6.07) is 17.2. The quantitative estimate of drug-likeness (QED) is 0.393. The van der Waals surface area contributed by atoms with Crippen molar-refractivity contribution in [3.05, 3.63) is 80.8 Å². The number of aromatic amines is 1. The van der Waals surface area contributed by atoms with Gasteiger partial charge < -0.3 is 14.3 Å². The lowest BCUT2D eigenvalue weighted by Gasteiger charge is -2.09. The number of benzene rings is 2. The molecule has 29 heavy (non-hydrogen) atoms. The zero-order valence-corrected chi connectivity index (χ0v) is 18.2. The number of rotatable bonds is 7. The fourth-order valence-electron chi connectivity index (χ4n) is 3.07. The number of aromatic nitrogens is 4. The lowest BCUT2D eigenvalue weighted by atomic mass is 10.1. The Morgan fingerprint density at radius 3 is 2.72 bits per heavy atom. The van der Waals surface area contributed by atoms with Gasteiger partial charge in [0.15, 0.2) is 11.0 Å². The molecule has 6 nitrogen and oxygen atoms in total. The zero-order valence-electron chi connectivity index (χ0n) is 15.8. The Balaban J connectivity index is 1.50. The maximum absolute atomic E-state index is 12.0. The summed E-state index contributed by atoms with van der Waals surface area (Å²) >= 11 is 4.98. The van der Waals surface area contributed by atoms with Crippen molar-refractivity contribution in [1.29, 1.82) is 0 Å². The minimum absolute atomic E-state index is 0.0974. The van der Waals surface area contributed by atoms with Crippen LogP contribution in [0.1, 0.15) is 18.3 Å². The molecule has 0 aliphatic carbocycles. The summed E-state index contributed by atoms with van der Waals surface area (Å²) in [6.07, 6.45) is 0. The number of para-hydroxylation sites is 1. The summed E-state index contributed by atoms with van der Waals surface area (Å²) in [6.45, 7) is 3.14. The van der Waals surface area contributed by atoms with Gasteiger partial charge in [-0.2, -0.15) is 0 Å². The highest BCUT2D eigenvalue weighted by molar-refractivity contribution is 9.10. The number of H-pyrrole nitrogens is 1. The highest BCUT2D eigenvalue weighted by Crippen LogP contribution is 2.26. The summed E-state index contributed by atoms with van der Waals surface area (Å²) in [5.41, 5.74) is 1.73. The van der Waals surface area contributed by atoms with Gasteiger partial charge in [0.1, 0.15) is 12.4 Å². The molecule has 0 saturated heterocycles. The Morgan fingerprint density at radius 2 is 1.93 bits per heavy atom. The molecule has 0 radical (unpaired) electrons. The van der Waals surface area contributed by atoms with Crippen molar-refractivity contribution in [1.82, 2.24) is 19.7 Å². The summed E-state index contributed by atoms with van der Waals surface area (Å²) in [5.74, 6) is 2.19.